The number of furan rings is 1. The Morgan fingerprint density at radius 3 is 2.30 bits per heavy atom. The Hall–Kier alpha value is -1.84. The molecule has 1 aromatic rings. The third kappa shape index (κ3) is 1.18. The van der Waals surface area contributed by atoms with E-state index in [2.05, 4.69) is 12.2 Å². The van der Waals surface area contributed by atoms with Crippen LogP contribution >= 0.6 is 0 Å². The largest absolute Gasteiger partial charge is 0.467 e. The molecule has 0 unspecified atom stereocenters. The molecule has 0 radical (unpaired) electrons. The fourth-order valence-corrected chi connectivity index (χ4v) is 4.73. The number of carbonyl (C=O) groups is 2. The van der Waals surface area contributed by atoms with Crippen molar-refractivity contribution in [2.24, 2.45) is 35.5 Å². The Labute approximate surface area is 116 Å². The SMILES string of the molecule is O=C1[C@@H]2[C@H]3C=C[C@@H]([C@@H]4C[C@H]34)[C@@H]2C(=O)N1Cc1ccco1. The molecule has 0 N–H and O–H groups in total. The van der Waals surface area contributed by atoms with Crippen molar-refractivity contribution in [2.45, 2.75) is 13.0 Å². The van der Waals surface area contributed by atoms with Crippen LogP contribution in [0.1, 0.15) is 12.2 Å². The highest BCUT2D eigenvalue weighted by atomic mass is 16.3. The molecular formula is C16H15NO3. The average molecular weight is 269 g/mol. The first-order valence-electron chi connectivity index (χ1n) is 7.31. The molecule has 2 saturated carbocycles. The number of hydrogen-bond acceptors (Lipinski definition) is 3. The summed E-state index contributed by atoms with van der Waals surface area (Å²) >= 11 is 0. The molecule has 1 saturated heterocycles. The van der Waals surface area contributed by atoms with Gasteiger partial charge in [0, 0.05) is 0 Å². The average Bonchev–Trinajstić information content (AvgIpc) is 3.08. The minimum absolute atomic E-state index is 0.0149. The summed E-state index contributed by atoms with van der Waals surface area (Å²) in [4.78, 5) is 26.7. The molecule has 2 bridgehead atoms. The molecule has 4 heteroatoms. The van der Waals surface area contributed by atoms with E-state index in [9.17, 15) is 9.59 Å². The van der Waals surface area contributed by atoms with Gasteiger partial charge in [0.15, 0.2) is 0 Å². The summed E-state index contributed by atoms with van der Waals surface area (Å²) in [6.45, 7) is 0.284. The Bertz CT molecular complexity index is 596. The maximum atomic E-state index is 12.7. The molecule has 5 aliphatic rings. The topological polar surface area (TPSA) is 50.5 Å². The zero-order chi connectivity index (χ0) is 13.4. The Morgan fingerprint density at radius 1 is 1.10 bits per heavy atom. The fourth-order valence-electron chi connectivity index (χ4n) is 4.73. The highest BCUT2D eigenvalue weighted by Gasteiger charge is 2.66. The third-order valence-corrected chi connectivity index (χ3v) is 5.65. The normalized spacial score (nSPS) is 43.9. The van der Waals surface area contributed by atoms with Gasteiger partial charge in [-0.25, -0.2) is 0 Å². The van der Waals surface area contributed by atoms with E-state index in [4.69, 9.17) is 4.42 Å². The van der Waals surface area contributed by atoms with Gasteiger partial charge < -0.3 is 4.42 Å². The maximum Gasteiger partial charge on any atom is 0.234 e. The lowest BCUT2D eigenvalue weighted by Gasteiger charge is -2.37. The smallest absolute Gasteiger partial charge is 0.234 e. The Morgan fingerprint density at radius 2 is 1.75 bits per heavy atom. The van der Waals surface area contributed by atoms with Gasteiger partial charge in [0.25, 0.3) is 0 Å². The zero-order valence-corrected chi connectivity index (χ0v) is 10.9. The lowest BCUT2D eigenvalue weighted by atomic mass is 9.63. The fraction of sp³-hybridized carbons (Fsp3) is 0.500. The Kier molecular flexibility index (Phi) is 1.87. The number of imide groups is 1. The third-order valence-electron chi connectivity index (χ3n) is 5.65. The molecule has 20 heavy (non-hydrogen) atoms. The summed E-state index contributed by atoms with van der Waals surface area (Å²) in [5.41, 5.74) is 0. The lowest BCUT2D eigenvalue weighted by Crippen LogP contribution is -2.40. The van der Waals surface area contributed by atoms with Gasteiger partial charge in [-0.3, -0.25) is 14.5 Å². The van der Waals surface area contributed by atoms with Gasteiger partial charge in [-0.05, 0) is 42.2 Å². The second-order valence-corrected chi connectivity index (χ2v) is 6.50. The van der Waals surface area contributed by atoms with Crippen LogP contribution in [0.2, 0.25) is 0 Å². The number of allylic oxidation sites excluding steroid dienone is 2. The van der Waals surface area contributed by atoms with E-state index >= 15 is 0 Å². The van der Waals surface area contributed by atoms with Gasteiger partial charge >= 0.3 is 0 Å². The van der Waals surface area contributed by atoms with Gasteiger partial charge in [0.05, 0.1) is 24.6 Å². The maximum absolute atomic E-state index is 12.7. The summed E-state index contributed by atoms with van der Waals surface area (Å²) in [5, 5.41) is 0. The van der Waals surface area contributed by atoms with E-state index in [1.165, 1.54) is 11.3 Å². The van der Waals surface area contributed by atoms with Crippen LogP contribution in [0.4, 0.5) is 0 Å². The predicted molar refractivity (Wildman–Crippen MR) is 69.0 cm³/mol. The number of carbonyl (C=O) groups excluding carboxylic acids is 2. The monoisotopic (exact) mass is 269 g/mol. The van der Waals surface area contributed by atoms with Crippen molar-refractivity contribution < 1.29 is 14.0 Å². The highest BCUT2D eigenvalue weighted by molar-refractivity contribution is 6.06. The lowest BCUT2D eigenvalue weighted by molar-refractivity contribution is -0.141. The van der Waals surface area contributed by atoms with Gasteiger partial charge in [-0.15, -0.1) is 0 Å². The van der Waals surface area contributed by atoms with E-state index in [0.29, 0.717) is 29.4 Å². The molecule has 6 atom stereocenters. The van der Waals surface area contributed by atoms with Crippen molar-refractivity contribution in [3.05, 3.63) is 36.3 Å². The summed E-state index contributed by atoms with van der Waals surface area (Å²) in [5.74, 6) is 2.42. The molecule has 102 valence electrons. The first-order valence-corrected chi connectivity index (χ1v) is 7.31. The minimum Gasteiger partial charge on any atom is -0.467 e. The van der Waals surface area contributed by atoms with E-state index in [1.807, 2.05) is 6.07 Å². The molecule has 4 aliphatic carbocycles. The number of nitrogens with zero attached hydrogens (tertiary/aromatic N) is 1. The van der Waals surface area contributed by atoms with Crippen molar-refractivity contribution in [3.63, 3.8) is 0 Å². The summed E-state index contributed by atoms with van der Waals surface area (Å²) < 4.78 is 5.28. The number of rotatable bonds is 2. The molecule has 2 amide bonds. The molecule has 6 rings (SSSR count). The first kappa shape index (κ1) is 10.9. The summed E-state index contributed by atoms with van der Waals surface area (Å²) in [6.07, 6.45) is 7.17. The van der Waals surface area contributed by atoms with Crippen LogP contribution in [0.25, 0.3) is 0 Å². The van der Waals surface area contributed by atoms with Gasteiger partial charge in [-0.1, -0.05) is 12.2 Å². The van der Waals surface area contributed by atoms with E-state index < -0.39 is 0 Å². The number of hydrogen-bond donors (Lipinski definition) is 0. The molecule has 2 heterocycles. The van der Waals surface area contributed by atoms with Gasteiger partial charge in [0.1, 0.15) is 5.76 Å². The Balaban J connectivity index is 1.51. The van der Waals surface area contributed by atoms with E-state index in [-0.39, 0.29) is 30.2 Å². The first-order chi connectivity index (χ1) is 9.75. The second kappa shape index (κ2) is 3.43. The van der Waals surface area contributed by atoms with Crippen molar-refractivity contribution in [1.82, 2.24) is 4.90 Å². The molecule has 4 nitrogen and oxygen atoms in total. The van der Waals surface area contributed by atoms with Crippen molar-refractivity contribution >= 4 is 11.8 Å². The standard InChI is InChI=1S/C16H15NO3/c18-15-13-9-3-4-10(12-6-11(9)12)14(13)16(19)17(15)7-8-2-1-5-20-8/h1-5,9-14H,6-7H2/t9-,10-,11-,12+,13-,14+/m0/s1. The molecule has 1 aliphatic heterocycles. The predicted octanol–water partition coefficient (Wildman–Crippen LogP) is 1.83. The number of amides is 2. The zero-order valence-electron chi connectivity index (χ0n) is 10.9. The van der Waals surface area contributed by atoms with Gasteiger partial charge in [-0.2, -0.15) is 0 Å². The molecule has 0 spiro atoms. The molecule has 0 aromatic carbocycles. The summed E-state index contributed by atoms with van der Waals surface area (Å²) in [6, 6.07) is 3.60. The molecule has 3 fully saturated rings. The van der Waals surface area contributed by atoms with Crippen LogP contribution in [0.3, 0.4) is 0 Å². The van der Waals surface area contributed by atoms with Gasteiger partial charge in [0.2, 0.25) is 11.8 Å². The van der Waals surface area contributed by atoms with Crippen LogP contribution in [0, 0.1) is 35.5 Å². The molecule has 1 aromatic heterocycles. The van der Waals surface area contributed by atoms with Crippen LogP contribution in [0.5, 0.6) is 0 Å². The number of likely N-dealkylation sites (tertiary alicyclic amines) is 1. The second-order valence-electron chi connectivity index (χ2n) is 6.50. The van der Waals surface area contributed by atoms with E-state index in [0.717, 1.165) is 0 Å². The van der Waals surface area contributed by atoms with Crippen LogP contribution in [-0.4, -0.2) is 16.7 Å². The van der Waals surface area contributed by atoms with Crippen molar-refractivity contribution in [1.29, 1.82) is 0 Å². The molecular weight excluding hydrogens is 254 g/mol. The summed E-state index contributed by atoms with van der Waals surface area (Å²) in [7, 11) is 0. The quantitative estimate of drug-likeness (QED) is 0.608. The van der Waals surface area contributed by atoms with Crippen LogP contribution in [-0.2, 0) is 16.1 Å². The highest BCUT2D eigenvalue weighted by Crippen LogP contribution is 2.65. The van der Waals surface area contributed by atoms with Crippen molar-refractivity contribution in [3.8, 4) is 0 Å². The van der Waals surface area contributed by atoms with Crippen molar-refractivity contribution in [2.75, 3.05) is 0 Å². The van der Waals surface area contributed by atoms with E-state index in [1.54, 1.807) is 12.3 Å². The van der Waals surface area contributed by atoms with Crippen LogP contribution in [0.15, 0.2) is 35.0 Å². The minimum atomic E-state index is -0.101. The van der Waals surface area contributed by atoms with Crippen LogP contribution < -0.4 is 0 Å².